The van der Waals surface area contributed by atoms with Gasteiger partial charge in [-0.2, -0.15) is 0 Å². The van der Waals surface area contributed by atoms with E-state index in [-0.39, 0.29) is 0 Å². The van der Waals surface area contributed by atoms with Gasteiger partial charge in [-0.15, -0.1) is 0 Å². The fraction of sp³-hybridized carbons (Fsp3) is 0.0714. The number of benzene rings is 1. The molecular weight excluding hydrogens is 196 g/mol. The first kappa shape index (κ1) is 9.16. The zero-order chi connectivity index (χ0) is 11.0. The second-order valence-corrected chi connectivity index (χ2v) is 3.99. The molecule has 0 amide bonds. The van der Waals surface area contributed by atoms with Crippen molar-refractivity contribution in [1.82, 2.24) is 9.97 Å². The molecule has 1 aromatic carbocycles. The second kappa shape index (κ2) is 3.49. The number of nitrogens with zero attached hydrogens (tertiary/aromatic N) is 1. The Hall–Kier alpha value is -2.09. The van der Waals surface area contributed by atoms with Gasteiger partial charge in [0, 0.05) is 35.1 Å². The van der Waals surface area contributed by atoms with Crippen LogP contribution in [0.2, 0.25) is 0 Å². The highest BCUT2D eigenvalue weighted by molar-refractivity contribution is 5.95. The Morgan fingerprint density at radius 1 is 1.19 bits per heavy atom. The van der Waals surface area contributed by atoms with Gasteiger partial charge in [-0.05, 0) is 36.2 Å². The van der Waals surface area contributed by atoms with Crippen molar-refractivity contribution in [3.63, 3.8) is 0 Å². The summed E-state index contributed by atoms with van der Waals surface area (Å²) in [6.07, 6.45) is 5.68. The monoisotopic (exact) mass is 208 g/mol. The lowest BCUT2D eigenvalue weighted by molar-refractivity contribution is 1.33. The number of aromatic amines is 1. The van der Waals surface area contributed by atoms with E-state index in [1.165, 1.54) is 22.0 Å². The predicted molar refractivity (Wildman–Crippen MR) is 66.3 cm³/mol. The largest absolute Gasteiger partial charge is 0.361 e. The van der Waals surface area contributed by atoms with E-state index in [4.69, 9.17) is 0 Å². The molecule has 16 heavy (non-hydrogen) atoms. The first-order valence-corrected chi connectivity index (χ1v) is 5.33. The van der Waals surface area contributed by atoms with Crippen molar-refractivity contribution >= 4 is 10.9 Å². The van der Waals surface area contributed by atoms with E-state index in [1.807, 2.05) is 18.5 Å². The molecular formula is C14H12N2. The van der Waals surface area contributed by atoms with Gasteiger partial charge in [0.15, 0.2) is 0 Å². The number of rotatable bonds is 1. The van der Waals surface area contributed by atoms with Gasteiger partial charge >= 0.3 is 0 Å². The SMILES string of the molecule is Cc1cc(-c2cccnc2)c2cc[nH]c2c1. The van der Waals surface area contributed by atoms with Gasteiger partial charge < -0.3 is 4.98 Å². The molecule has 0 aliphatic rings. The van der Waals surface area contributed by atoms with Crippen molar-refractivity contribution in [3.8, 4) is 11.1 Å². The molecule has 0 aliphatic heterocycles. The van der Waals surface area contributed by atoms with Crippen molar-refractivity contribution in [3.05, 3.63) is 54.5 Å². The molecule has 2 heterocycles. The number of H-pyrrole nitrogens is 1. The highest BCUT2D eigenvalue weighted by Gasteiger charge is 2.05. The summed E-state index contributed by atoms with van der Waals surface area (Å²) in [5, 5.41) is 1.25. The van der Waals surface area contributed by atoms with Gasteiger partial charge in [0.1, 0.15) is 0 Å². The molecule has 2 nitrogen and oxygen atoms in total. The van der Waals surface area contributed by atoms with Crippen LogP contribution in [0, 0.1) is 6.92 Å². The number of aromatic nitrogens is 2. The summed E-state index contributed by atoms with van der Waals surface area (Å²) >= 11 is 0. The van der Waals surface area contributed by atoms with Crippen molar-refractivity contribution in [1.29, 1.82) is 0 Å². The average molecular weight is 208 g/mol. The highest BCUT2D eigenvalue weighted by Crippen LogP contribution is 2.28. The van der Waals surface area contributed by atoms with E-state index in [0.29, 0.717) is 0 Å². The van der Waals surface area contributed by atoms with Gasteiger partial charge in [-0.3, -0.25) is 4.98 Å². The summed E-state index contributed by atoms with van der Waals surface area (Å²) in [6.45, 7) is 2.11. The Bertz CT molecular complexity index is 624. The minimum atomic E-state index is 1.16. The quantitative estimate of drug-likeness (QED) is 0.651. The molecule has 0 unspecified atom stereocenters. The molecule has 0 saturated heterocycles. The topological polar surface area (TPSA) is 28.7 Å². The number of aryl methyl sites for hydroxylation is 1. The van der Waals surface area contributed by atoms with E-state index in [2.05, 4.69) is 41.2 Å². The van der Waals surface area contributed by atoms with E-state index in [9.17, 15) is 0 Å². The molecule has 0 aliphatic carbocycles. The van der Waals surface area contributed by atoms with Crippen LogP contribution in [0.3, 0.4) is 0 Å². The predicted octanol–water partition coefficient (Wildman–Crippen LogP) is 3.54. The first-order chi connectivity index (χ1) is 7.84. The maximum atomic E-state index is 4.17. The van der Waals surface area contributed by atoms with E-state index >= 15 is 0 Å². The number of hydrogen-bond acceptors (Lipinski definition) is 1. The van der Waals surface area contributed by atoms with Crippen molar-refractivity contribution < 1.29 is 0 Å². The fourth-order valence-electron chi connectivity index (χ4n) is 2.07. The van der Waals surface area contributed by atoms with Crippen LogP contribution in [-0.2, 0) is 0 Å². The minimum Gasteiger partial charge on any atom is -0.361 e. The standard InChI is InChI=1S/C14H12N2/c1-10-7-13(11-3-2-5-15-9-11)12-4-6-16-14(12)8-10/h2-9,16H,1H3. The Balaban J connectivity index is 2.34. The van der Waals surface area contributed by atoms with Crippen LogP contribution in [0.1, 0.15) is 5.56 Å². The average Bonchev–Trinajstić information content (AvgIpc) is 2.77. The normalized spacial score (nSPS) is 10.8. The number of fused-ring (bicyclic) bond motifs is 1. The van der Waals surface area contributed by atoms with Gasteiger partial charge in [0.25, 0.3) is 0 Å². The summed E-state index contributed by atoms with van der Waals surface area (Å²) in [5.41, 5.74) is 4.84. The fourth-order valence-corrected chi connectivity index (χ4v) is 2.07. The summed E-state index contributed by atoms with van der Waals surface area (Å²) in [4.78, 5) is 7.42. The summed E-state index contributed by atoms with van der Waals surface area (Å²) in [5.74, 6) is 0. The Kier molecular flexibility index (Phi) is 2.00. The molecule has 0 fully saturated rings. The van der Waals surface area contributed by atoms with Crippen LogP contribution in [0.4, 0.5) is 0 Å². The lowest BCUT2D eigenvalue weighted by atomic mass is 10.0. The van der Waals surface area contributed by atoms with Gasteiger partial charge in [0.2, 0.25) is 0 Å². The van der Waals surface area contributed by atoms with Crippen LogP contribution in [-0.4, -0.2) is 9.97 Å². The van der Waals surface area contributed by atoms with E-state index in [1.54, 1.807) is 6.20 Å². The molecule has 0 bridgehead atoms. The molecule has 1 N–H and O–H groups in total. The molecule has 78 valence electrons. The zero-order valence-electron chi connectivity index (χ0n) is 9.07. The van der Waals surface area contributed by atoms with Crippen molar-refractivity contribution in [2.45, 2.75) is 6.92 Å². The van der Waals surface area contributed by atoms with Gasteiger partial charge in [0.05, 0.1) is 0 Å². The lowest BCUT2D eigenvalue weighted by Gasteiger charge is -2.04. The number of hydrogen-bond donors (Lipinski definition) is 1. The third-order valence-corrected chi connectivity index (χ3v) is 2.79. The summed E-state index contributed by atoms with van der Waals surface area (Å²) in [6, 6.07) is 10.5. The molecule has 0 spiro atoms. The van der Waals surface area contributed by atoms with E-state index in [0.717, 1.165) is 5.56 Å². The van der Waals surface area contributed by atoms with Crippen LogP contribution in [0.5, 0.6) is 0 Å². The van der Waals surface area contributed by atoms with Gasteiger partial charge in [-0.1, -0.05) is 12.1 Å². The van der Waals surface area contributed by atoms with E-state index < -0.39 is 0 Å². The van der Waals surface area contributed by atoms with Crippen LogP contribution >= 0.6 is 0 Å². The Morgan fingerprint density at radius 3 is 2.94 bits per heavy atom. The maximum Gasteiger partial charge on any atom is 0.0462 e. The third kappa shape index (κ3) is 1.39. The zero-order valence-corrected chi connectivity index (χ0v) is 9.07. The molecule has 0 atom stereocenters. The number of pyridine rings is 1. The van der Waals surface area contributed by atoms with Crippen LogP contribution in [0.15, 0.2) is 48.9 Å². The highest BCUT2D eigenvalue weighted by atomic mass is 14.7. The summed E-state index contributed by atoms with van der Waals surface area (Å²) in [7, 11) is 0. The first-order valence-electron chi connectivity index (χ1n) is 5.33. The molecule has 0 saturated carbocycles. The van der Waals surface area contributed by atoms with Crippen LogP contribution < -0.4 is 0 Å². The van der Waals surface area contributed by atoms with Crippen LogP contribution in [0.25, 0.3) is 22.0 Å². The maximum absolute atomic E-state index is 4.17. The lowest BCUT2D eigenvalue weighted by Crippen LogP contribution is -1.82. The third-order valence-electron chi connectivity index (χ3n) is 2.79. The molecule has 0 radical (unpaired) electrons. The minimum absolute atomic E-state index is 1.16. The molecule has 3 rings (SSSR count). The summed E-state index contributed by atoms with van der Waals surface area (Å²) < 4.78 is 0. The van der Waals surface area contributed by atoms with Gasteiger partial charge in [-0.25, -0.2) is 0 Å². The van der Waals surface area contributed by atoms with Crippen molar-refractivity contribution in [2.75, 3.05) is 0 Å². The number of nitrogens with one attached hydrogen (secondary N) is 1. The second-order valence-electron chi connectivity index (χ2n) is 3.99. The molecule has 2 heteroatoms. The molecule has 2 aromatic heterocycles. The Labute approximate surface area is 94.0 Å². The smallest absolute Gasteiger partial charge is 0.0462 e. The Morgan fingerprint density at radius 2 is 2.12 bits per heavy atom. The van der Waals surface area contributed by atoms with Crippen molar-refractivity contribution in [2.24, 2.45) is 0 Å². The molecule has 3 aromatic rings.